The van der Waals surface area contributed by atoms with E-state index in [4.69, 9.17) is 12.2 Å². The molecule has 0 aliphatic rings. The Morgan fingerprint density at radius 3 is 2.78 bits per heavy atom. The normalized spacial score (nSPS) is 10.3. The number of aromatic nitrogens is 2. The van der Waals surface area contributed by atoms with Gasteiger partial charge in [0.05, 0.1) is 10.4 Å². The zero-order valence-electron chi connectivity index (χ0n) is 9.80. The molecule has 0 saturated heterocycles. The van der Waals surface area contributed by atoms with Crippen LogP contribution in [0.4, 0.5) is 5.69 Å². The van der Waals surface area contributed by atoms with Gasteiger partial charge in [0.25, 0.3) is 5.69 Å². The lowest BCUT2D eigenvalue weighted by Gasteiger charge is -2.07. The first kappa shape index (κ1) is 12.3. The van der Waals surface area contributed by atoms with Crippen LogP contribution in [0.3, 0.4) is 0 Å². The Morgan fingerprint density at radius 1 is 1.44 bits per heavy atom. The topological polar surface area (TPSA) is 81.0 Å². The monoisotopic (exact) mass is 262 g/mol. The van der Waals surface area contributed by atoms with Crippen molar-refractivity contribution in [3.8, 4) is 0 Å². The highest BCUT2D eigenvalue weighted by Crippen LogP contribution is 2.22. The van der Waals surface area contributed by atoms with Crippen molar-refractivity contribution in [2.75, 3.05) is 7.05 Å². The average molecular weight is 262 g/mol. The van der Waals surface area contributed by atoms with E-state index in [2.05, 4.69) is 15.3 Å². The van der Waals surface area contributed by atoms with Crippen LogP contribution in [0.2, 0.25) is 0 Å². The molecule has 0 amide bonds. The summed E-state index contributed by atoms with van der Waals surface area (Å²) in [6, 6.07) is 4.46. The predicted molar refractivity (Wildman–Crippen MR) is 71.7 cm³/mol. The minimum absolute atomic E-state index is 0.00453. The molecule has 2 rings (SSSR count). The van der Waals surface area contributed by atoms with Gasteiger partial charge in [0.15, 0.2) is 0 Å². The summed E-state index contributed by atoms with van der Waals surface area (Å²) < 4.78 is 0. The standard InChI is InChI=1S/C11H10N4O2S/c1-6-13-9-4-3-7(15(16)17)5-8(9)10(14-6)11(18)12-2/h3-5H,1-2H3,(H,12,18). The molecule has 0 saturated carbocycles. The van der Waals surface area contributed by atoms with Gasteiger partial charge in [-0.1, -0.05) is 12.2 Å². The van der Waals surface area contributed by atoms with Gasteiger partial charge in [-0.2, -0.15) is 0 Å². The van der Waals surface area contributed by atoms with Crippen molar-refractivity contribution in [3.05, 3.63) is 39.8 Å². The maximum Gasteiger partial charge on any atom is 0.270 e. The molecule has 1 N–H and O–H groups in total. The number of fused-ring (bicyclic) bond motifs is 1. The van der Waals surface area contributed by atoms with Gasteiger partial charge < -0.3 is 5.32 Å². The van der Waals surface area contributed by atoms with Crippen LogP contribution < -0.4 is 5.32 Å². The number of thiocarbonyl (C=S) groups is 1. The van der Waals surface area contributed by atoms with E-state index in [1.165, 1.54) is 12.1 Å². The highest BCUT2D eigenvalue weighted by Gasteiger charge is 2.13. The van der Waals surface area contributed by atoms with Gasteiger partial charge in [-0.05, 0) is 13.0 Å². The molecule has 0 aliphatic carbocycles. The molecule has 0 aliphatic heterocycles. The Morgan fingerprint density at radius 2 is 2.17 bits per heavy atom. The number of rotatable bonds is 2. The number of non-ortho nitro benzene ring substituents is 1. The molecule has 0 spiro atoms. The minimum atomic E-state index is -0.453. The third kappa shape index (κ3) is 2.12. The first-order chi connectivity index (χ1) is 8.52. The number of benzene rings is 1. The molecule has 2 aromatic rings. The fourth-order valence-electron chi connectivity index (χ4n) is 1.64. The van der Waals surface area contributed by atoms with Crippen molar-refractivity contribution in [3.63, 3.8) is 0 Å². The van der Waals surface area contributed by atoms with Crippen LogP contribution in [-0.2, 0) is 0 Å². The van der Waals surface area contributed by atoms with E-state index in [0.717, 1.165) is 0 Å². The van der Waals surface area contributed by atoms with E-state index >= 15 is 0 Å². The number of aryl methyl sites for hydroxylation is 1. The third-order valence-electron chi connectivity index (χ3n) is 2.44. The summed E-state index contributed by atoms with van der Waals surface area (Å²) in [5, 5.41) is 14.2. The van der Waals surface area contributed by atoms with E-state index in [9.17, 15) is 10.1 Å². The molecule has 0 unspecified atom stereocenters. The minimum Gasteiger partial charge on any atom is -0.378 e. The molecule has 0 bridgehead atoms. The summed E-state index contributed by atoms with van der Waals surface area (Å²) in [5.41, 5.74) is 1.15. The Labute approximate surface area is 108 Å². The fraction of sp³-hybridized carbons (Fsp3) is 0.182. The quantitative estimate of drug-likeness (QED) is 0.504. The molecule has 92 valence electrons. The maximum absolute atomic E-state index is 10.8. The van der Waals surface area contributed by atoms with E-state index in [1.54, 1.807) is 20.0 Å². The number of nitro groups is 1. The Kier molecular flexibility index (Phi) is 3.15. The molecule has 7 heteroatoms. The van der Waals surface area contributed by atoms with Crippen LogP contribution in [0.15, 0.2) is 18.2 Å². The van der Waals surface area contributed by atoms with Crippen LogP contribution in [-0.4, -0.2) is 26.9 Å². The highest BCUT2D eigenvalue weighted by atomic mass is 32.1. The lowest BCUT2D eigenvalue weighted by Crippen LogP contribution is -2.19. The largest absolute Gasteiger partial charge is 0.378 e. The molecule has 18 heavy (non-hydrogen) atoms. The molecule has 1 aromatic carbocycles. The first-order valence-electron chi connectivity index (χ1n) is 5.18. The second-order valence-electron chi connectivity index (χ2n) is 3.66. The first-order valence-corrected chi connectivity index (χ1v) is 5.58. The van der Waals surface area contributed by atoms with Gasteiger partial charge in [0, 0.05) is 24.6 Å². The van der Waals surface area contributed by atoms with Crippen molar-refractivity contribution in [1.29, 1.82) is 0 Å². The molecule has 6 nitrogen and oxygen atoms in total. The van der Waals surface area contributed by atoms with E-state index in [0.29, 0.717) is 27.4 Å². The van der Waals surface area contributed by atoms with Crippen LogP contribution in [0.5, 0.6) is 0 Å². The van der Waals surface area contributed by atoms with Crippen molar-refractivity contribution >= 4 is 33.8 Å². The zero-order valence-corrected chi connectivity index (χ0v) is 10.6. The number of hydrogen-bond donors (Lipinski definition) is 1. The Balaban J connectivity index is 2.77. The van der Waals surface area contributed by atoms with Crippen LogP contribution in [0.1, 0.15) is 11.5 Å². The summed E-state index contributed by atoms with van der Waals surface area (Å²) in [6.45, 7) is 1.75. The maximum atomic E-state index is 10.8. The highest BCUT2D eigenvalue weighted by molar-refractivity contribution is 7.80. The van der Waals surface area contributed by atoms with E-state index in [1.807, 2.05) is 0 Å². The predicted octanol–water partition coefficient (Wildman–Crippen LogP) is 1.74. The number of nitro benzene ring substituents is 1. The van der Waals surface area contributed by atoms with Gasteiger partial charge >= 0.3 is 0 Å². The van der Waals surface area contributed by atoms with Crippen LogP contribution >= 0.6 is 12.2 Å². The summed E-state index contributed by atoms with van der Waals surface area (Å²) in [5.74, 6) is 0.573. The van der Waals surface area contributed by atoms with Gasteiger partial charge in [-0.15, -0.1) is 0 Å². The number of nitrogens with one attached hydrogen (secondary N) is 1. The Hall–Kier alpha value is -2.15. The molecule has 0 radical (unpaired) electrons. The summed E-state index contributed by atoms with van der Waals surface area (Å²) in [6.07, 6.45) is 0. The average Bonchev–Trinajstić information content (AvgIpc) is 2.36. The molecule has 1 heterocycles. The molecule has 0 atom stereocenters. The van der Waals surface area contributed by atoms with Crippen molar-refractivity contribution in [2.24, 2.45) is 0 Å². The molecular formula is C11H10N4O2S. The van der Waals surface area contributed by atoms with Crippen LogP contribution in [0.25, 0.3) is 10.9 Å². The van der Waals surface area contributed by atoms with Crippen molar-refractivity contribution in [1.82, 2.24) is 15.3 Å². The second-order valence-corrected chi connectivity index (χ2v) is 4.07. The van der Waals surface area contributed by atoms with Crippen LogP contribution in [0, 0.1) is 17.0 Å². The van der Waals surface area contributed by atoms with Gasteiger partial charge in [0.2, 0.25) is 0 Å². The number of hydrogen-bond acceptors (Lipinski definition) is 5. The number of nitrogens with zero attached hydrogens (tertiary/aromatic N) is 3. The van der Waals surface area contributed by atoms with Crippen molar-refractivity contribution in [2.45, 2.75) is 6.92 Å². The van der Waals surface area contributed by atoms with E-state index < -0.39 is 4.92 Å². The van der Waals surface area contributed by atoms with Gasteiger partial charge in [-0.3, -0.25) is 10.1 Å². The lowest BCUT2D eigenvalue weighted by atomic mass is 10.1. The Bertz CT molecular complexity index is 657. The summed E-state index contributed by atoms with van der Waals surface area (Å²) in [4.78, 5) is 19.2. The fourth-order valence-corrected chi connectivity index (χ4v) is 1.79. The van der Waals surface area contributed by atoms with Gasteiger partial charge in [0.1, 0.15) is 16.5 Å². The molecule has 1 aromatic heterocycles. The second kappa shape index (κ2) is 4.61. The van der Waals surface area contributed by atoms with Crippen molar-refractivity contribution < 1.29 is 4.92 Å². The van der Waals surface area contributed by atoms with E-state index in [-0.39, 0.29) is 5.69 Å². The summed E-state index contributed by atoms with van der Waals surface area (Å²) in [7, 11) is 1.68. The SMILES string of the molecule is CNC(=S)c1nc(C)nc2ccc([N+](=O)[O-])cc12. The smallest absolute Gasteiger partial charge is 0.270 e. The third-order valence-corrected chi connectivity index (χ3v) is 2.84. The molecule has 0 fully saturated rings. The lowest BCUT2D eigenvalue weighted by molar-refractivity contribution is -0.384. The van der Waals surface area contributed by atoms with Gasteiger partial charge in [-0.25, -0.2) is 9.97 Å². The summed E-state index contributed by atoms with van der Waals surface area (Å²) >= 11 is 5.15. The molecular weight excluding hydrogens is 252 g/mol. The zero-order chi connectivity index (χ0) is 13.3.